The van der Waals surface area contributed by atoms with E-state index in [-0.39, 0.29) is 18.1 Å². The summed E-state index contributed by atoms with van der Waals surface area (Å²) in [5, 5.41) is 4.93. The molecule has 2 fully saturated rings. The van der Waals surface area contributed by atoms with Crippen molar-refractivity contribution in [3.8, 4) is 5.69 Å². The Morgan fingerprint density at radius 1 is 1.00 bits per heavy atom. The zero-order valence-corrected chi connectivity index (χ0v) is 27.3. The number of nitrogens with one attached hydrogen (secondary N) is 1. The van der Waals surface area contributed by atoms with Gasteiger partial charge in [-0.25, -0.2) is 4.79 Å². The Labute approximate surface area is 269 Å². The number of piperidine rings is 1. The average molecular weight is 628 g/mol. The maximum Gasteiger partial charge on any atom is 0.337 e. The molecule has 1 N–H and O–H groups in total. The molecule has 0 saturated carbocycles. The molecular formula is C35H38ClN5O2S. The second-order valence-corrected chi connectivity index (χ2v) is 13.0. The van der Waals surface area contributed by atoms with Crippen LogP contribution in [-0.4, -0.2) is 40.8 Å². The fourth-order valence-corrected chi connectivity index (χ4v) is 7.70. The average Bonchev–Trinajstić information content (AvgIpc) is 3.51. The van der Waals surface area contributed by atoms with Crippen molar-refractivity contribution in [2.24, 2.45) is 11.8 Å². The van der Waals surface area contributed by atoms with Gasteiger partial charge >= 0.3 is 5.97 Å². The second kappa shape index (κ2) is 12.3. The molecule has 0 spiro atoms. The van der Waals surface area contributed by atoms with Gasteiger partial charge in [0, 0.05) is 42.0 Å². The van der Waals surface area contributed by atoms with Crippen molar-refractivity contribution >= 4 is 46.3 Å². The number of ether oxygens (including phenoxy) is 1. The van der Waals surface area contributed by atoms with Crippen molar-refractivity contribution in [3.63, 3.8) is 0 Å². The molecule has 0 amide bonds. The molecule has 0 bridgehead atoms. The molecule has 0 radical (unpaired) electrons. The van der Waals surface area contributed by atoms with E-state index in [4.69, 9.17) is 33.5 Å². The van der Waals surface area contributed by atoms with Crippen LogP contribution in [0.1, 0.15) is 65.4 Å². The number of aryl methyl sites for hydroxylation is 1. The minimum absolute atomic E-state index is 0.177. The highest BCUT2D eigenvalue weighted by molar-refractivity contribution is 7.80. The Morgan fingerprint density at radius 3 is 2.34 bits per heavy atom. The molecule has 0 unspecified atom stereocenters. The number of methoxy groups -OCH3 is 1. The maximum atomic E-state index is 12.0. The van der Waals surface area contributed by atoms with Gasteiger partial charge in [0.15, 0.2) is 5.11 Å². The quantitative estimate of drug-likeness (QED) is 0.175. The van der Waals surface area contributed by atoms with Crippen molar-refractivity contribution in [3.05, 3.63) is 106 Å². The Kier molecular flexibility index (Phi) is 8.40. The maximum absolute atomic E-state index is 12.0. The molecule has 2 aliphatic rings. The Bertz CT molecular complexity index is 1680. The predicted octanol–water partition coefficient (Wildman–Crippen LogP) is 7.59. The third-order valence-corrected chi connectivity index (χ3v) is 9.47. The monoisotopic (exact) mass is 627 g/mol. The zero-order chi connectivity index (χ0) is 31.1. The van der Waals surface area contributed by atoms with Gasteiger partial charge in [-0.05, 0) is 111 Å². The summed E-state index contributed by atoms with van der Waals surface area (Å²) in [6.45, 7) is 10.9. The third-order valence-electron chi connectivity index (χ3n) is 8.85. The van der Waals surface area contributed by atoms with Crippen molar-refractivity contribution in [1.82, 2.24) is 14.9 Å². The summed E-state index contributed by atoms with van der Waals surface area (Å²) in [6, 6.07) is 21.6. The van der Waals surface area contributed by atoms with E-state index in [1.165, 1.54) is 13.5 Å². The number of rotatable bonds is 6. The molecule has 4 atom stereocenters. The number of pyridine rings is 1. The summed E-state index contributed by atoms with van der Waals surface area (Å²) in [5.41, 5.74) is 7.67. The highest BCUT2D eigenvalue weighted by atomic mass is 35.5. The Balaban J connectivity index is 1.42. The molecule has 0 aliphatic carbocycles. The fraction of sp³-hybridized carbons (Fsp3) is 0.343. The second-order valence-electron chi connectivity index (χ2n) is 12.2. The molecular weight excluding hydrogens is 590 g/mol. The smallest absolute Gasteiger partial charge is 0.337 e. The number of hydrogen-bond donors (Lipinski definition) is 1. The van der Waals surface area contributed by atoms with Crippen LogP contribution in [0.4, 0.5) is 11.4 Å². The van der Waals surface area contributed by atoms with E-state index >= 15 is 0 Å². The minimum Gasteiger partial charge on any atom is -0.465 e. The van der Waals surface area contributed by atoms with Crippen LogP contribution >= 0.6 is 23.8 Å². The van der Waals surface area contributed by atoms with E-state index in [9.17, 15) is 4.79 Å². The first-order chi connectivity index (χ1) is 21.2. The van der Waals surface area contributed by atoms with Crippen molar-refractivity contribution in [2.45, 2.75) is 46.2 Å². The van der Waals surface area contributed by atoms with Crippen LogP contribution in [-0.2, 0) is 4.74 Å². The van der Waals surface area contributed by atoms with Crippen LogP contribution in [0.15, 0.2) is 72.9 Å². The Hall–Kier alpha value is -3.88. The standard InChI is InChI=1S/C35H38ClN5O2S/c1-21-16-22(2)20-39(19-21)31-14-13-27(18-29(31)36)41-33(32(38-35(41)44)30-8-6-7-15-37-30)28-17-23(3)40(24(28)4)26-11-9-25(10-12-26)34(42)43-5/h6-15,17-18,21-22,32-33H,16,19-20H2,1-5H3,(H,38,44)/t21-,22+,32-,33-/m0/s1. The molecule has 2 aromatic heterocycles. The normalized spacial score (nSPS) is 21.8. The topological polar surface area (TPSA) is 62.6 Å². The largest absolute Gasteiger partial charge is 0.465 e. The zero-order valence-electron chi connectivity index (χ0n) is 25.8. The molecule has 4 aromatic rings. The number of benzene rings is 2. The van der Waals surface area contributed by atoms with Gasteiger partial charge in [0.25, 0.3) is 0 Å². The molecule has 2 aromatic carbocycles. The van der Waals surface area contributed by atoms with Gasteiger partial charge in [-0.15, -0.1) is 0 Å². The molecule has 2 saturated heterocycles. The van der Waals surface area contributed by atoms with Gasteiger partial charge < -0.3 is 24.4 Å². The molecule has 9 heteroatoms. The molecule has 7 nitrogen and oxygen atoms in total. The summed E-state index contributed by atoms with van der Waals surface area (Å²) >= 11 is 13.1. The lowest BCUT2D eigenvalue weighted by atomic mass is 9.91. The number of anilines is 2. The lowest BCUT2D eigenvalue weighted by Crippen LogP contribution is -2.38. The summed E-state index contributed by atoms with van der Waals surface area (Å²) in [7, 11) is 1.39. The number of hydrogen-bond acceptors (Lipinski definition) is 5. The van der Waals surface area contributed by atoms with Crippen molar-refractivity contribution in [1.29, 1.82) is 0 Å². The molecule has 4 heterocycles. The van der Waals surface area contributed by atoms with E-state index < -0.39 is 0 Å². The van der Waals surface area contributed by atoms with Crippen molar-refractivity contribution < 1.29 is 9.53 Å². The number of nitrogens with zero attached hydrogens (tertiary/aromatic N) is 4. The SMILES string of the molecule is COC(=O)c1ccc(-n2c(C)cc([C@H]3[C@H](c4ccccn4)NC(=S)N3c3ccc(N4C[C@H](C)C[C@H](C)C4)c(Cl)c3)c2C)cc1. The predicted molar refractivity (Wildman–Crippen MR) is 181 cm³/mol. The van der Waals surface area contributed by atoms with Crippen LogP contribution in [0, 0.1) is 25.7 Å². The highest BCUT2D eigenvalue weighted by Crippen LogP contribution is 2.45. The van der Waals surface area contributed by atoms with Gasteiger partial charge in [0.1, 0.15) is 0 Å². The number of carbonyl (C=O) groups excluding carboxylic acids is 1. The number of thiocarbonyl (C=S) groups is 1. The molecule has 228 valence electrons. The molecule has 2 aliphatic heterocycles. The lowest BCUT2D eigenvalue weighted by Gasteiger charge is -2.37. The van der Waals surface area contributed by atoms with E-state index in [2.05, 4.69) is 65.6 Å². The van der Waals surface area contributed by atoms with E-state index in [0.717, 1.165) is 57.8 Å². The van der Waals surface area contributed by atoms with Crippen LogP contribution in [0.5, 0.6) is 0 Å². The third kappa shape index (κ3) is 5.57. The molecule has 44 heavy (non-hydrogen) atoms. The Morgan fingerprint density at radius 2 is 1.70 bits per heavy atom. The van der Waals surface area contributed by atoms with Gasteiger partial charge in [-0.3, -0.25) is 4.98 Å². The van der Waals surface area contributed by atoms with Crippen LogP contribution < -0.4 is 15.1 Å². The van der Waals surface area contributed by atoms with Crippen LogP contribution in [0.2, 0.25) is 5.02 Å². The summed E-state index contributed by atoms with van der Waals surface area (Å²) < 4.78 is 7.10. The van der Waals surface area contributed by atoms with Gasteiger partial charge in [0.2, 0.25) is 0 Å². The number of halogens is 1. The highest BCUT2D eigenvalue weighted by Gasteiger charge is 2.42. The van der Waals surface area contributed by atoms with E-state index in [0.29, 0.717) is 22.5 Å². The number of carbonyl (C=O) groups is 1. The first-order valence-electron chi connectivity index (χ1n) is 15.1. The van der Waals surface area contributed by atoms with Crippen LogP contribution in [0.3, 0.4) is 0 Å². The molecule has 6 rings (SSSR count). The minimum atomic E-state index is -0.355. The van der Waals surface area contributed by atoms with E-state index in [1.807, 2.05) is 42.6 Å². The summed E-state index contributed by atoms with van der Waals surface area (Å²) in [6.07, 6.45) is 3.06. The number of aromatic nitrogens is 2. The van der Waals surface area contributed by atoms with Gasteiger partial charge in [-0.2, -0.15) is 0 Å². The lowest BCUT2D eigenvalue weighted by molar-refractivity contribution is 0.0600. The van der Waals surface area contributed by atoms with Gasteiger partial charge in [0.05, 0.1) is 41.2 Å². The van der Waals surface area contributed by atoms with Gasteiger partial charge in [-0.1, -0.05) is 31.5 Å². The first-order valence-corrected chi connectivity index (χ1v) is 15.9. The first kappa shape index (κ1) is 30.2. The summed E-state index contributed by atoms with van der Waals surface area (Å²) in [4.78, 5) is 21.4. The van der Waals surface area contributed by atoms with E-state index in [1.54, 1.807) is 12.1 Å². The van der Waals surface area contributed by atoms with Crippen molar-refractivity contribution in [2.75, 3.05) is 30.0 Å². The number of esters is 1. The van der Waals surface area contributed by atoms with Crippen LogP contribution in [0.25, 0.3) is 5.69 Å². The summed E-state index contributed by atoms with van der Waals surface area (Å²) in [5.74, 6) is 0.895. The fourth-order valence-electron chi connectivity index (χ4n) is 7.06.